The van der Waals surface area contributed by atoms with E-state index in [9.17, 15) is 5.11 Å². The van der Waals surface area contributed by atoms with Crippen LogP contribution in [-0.2, 0) is 6.54 Å². The van der Waals surface area contributed by atoms with E-state index in [2.05, 4.69) is 43.0 Å². The molecule has 2 rings (SSSR count). The summed E-state index contributed by atoms with van der Waals surface area (Å²) in [5.74, 6) is 0.798. The van der Waals surface area contributed by atoms with Gasteiger partial charge >= 0.3 is 0 Å². The van der Waals surface area contributed by atoms with Gasteiger partial charge in [-0.3, -0.25) is 4.90 Å². The fourth-order valence-electron chi connectivity index (χ4n) is 2.68. The van der Waals surface area contributed by atoms with Gasteiger partial charge in [0.2, 0.25) is 0 Å². The summed E-state index contributed by atoms with van der Waals surface area (Å²) in [5.41, 5.74) is 2.56. The second kappa shape index (κ2) is 9.33. The normalized spacial score (nSPS) is 12.3. The number of rotatable bonds is 9. The molecule has 0 heterocycles. The maximum absolute atomic E-state index is 10.3. The summed E-state index contributed by atoms with van der Waals surface area (Å²) in [4.78, 5) is 2.29. The quantitative estimate of drug-likeness (QED) is 0.767. The number of aliphatic hydroxyl groups excluding tert-OH is 1. The van der Waals surface area contributed by atoms with Crippen molar-refractivity contribution in [3.8, 4) is 5.75 Å². The lowest BCUT2D eigenvalue weighted by atomic mass is 10.1. The third-order valence-corrected chi connectivity index (χ3v) is 3.68. The largest absolute Gasteiger partial charge is 0.491 e. The molecule has 0 saturated carbocycles. The number of nitrogens with zero attached hydrogens (tertiary/aromatic N) is 1. The number of para-hydroxylation sites is 1. The zero-order valence-corrected chi connectivity index (χ0v) is 14.1. The van der Waals surface area contributed by atoms with Crippen molar-refractivity contribution in [1.29, 1.82) is 0 Å². The molecule has 0 bridgehead atoms. The van der Waals surface area contributed by atoms with Crippen molar-refractivity contribution in [2.45, 2.75) is 32.9 Å². The Morgan fingerprint density at radius 2 is 1.87 bits per heavy atom. The highest BCUT2D eigenvalue weighted by atomic mass is 16.5. The van der Waals surface area contributed by atoms with Crippen LogP contribution in [-0.4, -0.2) is 35.8 Å². The third-order valence-electron chi connectivity index (χ3n) is 3.68. The highest BCUT2D eigenvalue weighted by molar-refractivity contribution is 5.22. The lowest BCUT2D eigenvalue weighted by Crippen LogP contribution is -2.35. The molecule has 0 spiro atoms. The predicted molar refractivity (Wildman–Crippen MR) is 94.7 cm³/mol. The summed E-state index contributed by atoms with van der Waals surface area (Å²) < 4.78 is 5.64. The zero-order valence-electron chi connectivity index (χ0n) is 14.1. The van der Waals surface area contributed by atoms with E-state index < -0.39 is 6.10 Å². The van der Waals surface area contributed by atoms with Crippen LogP contribution in [0.15, 0.2) is 54.6 Å². The van der Waals surface area contributed by atoms with Gasteiger partial charge in [-0.2, -0.15) is 0 Å². The first-order chi connectivity index (χ1) is 11.2. The minimum atomic E-state index is -0.494. The fourth-order valence-corrected chi connectivity index (χ4v) is 2.68. The van der Waals surface area contributed by atoms with E-state index in [-0.39, 0.29) is 0 Å². The van der Waals surface area contributed by atoms with E-state index in [0.29, 0.717) is 13.2 Å². The molecule has 1 N–H and O–H groups in total. The van der Waals surface area contributed by atoms with E-state index in [0.717, 1.165) is 25.3 Å². The molecule has 0 aliphatic heterocycles. The highest BCUT2D eigenvalue weighted by Crippen LogP contribution is 2.11. The van der Waals surface area contributed by atoms with Gasteiger partial charge in [0.25, 0.3) is 0 Å². The van der Waals surface area contributed by atoms with Crippen molar-refractivity contribution < 1.29 is 9.84 Å². The van der Waals surface area contributed by atoms with Crippen LogP contribution in [0.3, 0.4) is 0 Å². The molecule has 23 heavy (non-hydrogen) atoms. The molecule has 0 amide bonds. The number of aryl methyl sites for hydroxylation is 1. The van der Waals surface area contributed by atoms with Crippen LogP contribution in [0.4, 0.5) is 0 Å². The second-order valence-corrected chi connectivity index (χ2v) is 6.00. The van der Waals surface area contributed by atoms with Gasteiger partial charge in [-0.25, -0.2) is 0 Å². The Morgan fingerprint density at radius 1 is 1.09 bits per heavy atom. The van der Waals surface area contributed by atoms with Gasteiger partial charge in [0, 0.05) is 13.1 Å². The predicted octanol–water partition coefficient (Wildman–Crippen LogP) is 3.65. The van der Waals surface area contributed by atoms with Gasteiger partial charge in [0.15, 0.2) is 0 Å². The summed E-state index contributed by atoms with van der Waals surface area (Å²) in [7, 11) is 0. The SMILES string of the molecule is CCCN(Cc1cccc(C)c1)C[C@H](O)COc1ccccc1. The molecular weight excluding hydrogens is 286 g/mol. The minimum Gasteiger partial charge on any atom is -0.491 e. The molecule has 2 aromatic carbocycles. The fraction of sp³-hybridized carbons (Fsp3) is 0.400. The van der Waals surface area contributed by atoms with Crippen molar-refractivity contribution in [3.05, 3.63) is 65.7 Å². The molecule has 3 heteroatoms. The van der Waals surface area contributed by atoms with Gasteiger partial charge in [-0.05, 0) is 37.6 Å². The van der Waals surface area contributed by atoms with Crippen molar-refractivity contribution in [2.75, 3.05) is 19.7 Å². The van der Waals surface area contributed by atoms with Crippen LogP contribution >= 0.6 is 0 Å². The Morgan fingerprint density at radius 3 is 2.57 bits per heavy atom. The first-order valence-electron chi connectivity index (χ1n) is 8.31. The first-order valence-corrected chi connectivity index (χ1v) is 8.31. The average Bonchev–Trinajstić information content (AvgIpc) is 2.54. The molecular formula is C20H27NO2. The topological polar surface area (TPSA) is 32.7 Å². The molecule has 0 aliphatic rings. The molecule has 3 nitrogen and oxygen atoms in total. The molecule has 0 radical (unpaired) electrons. The van der Waals surface area contributed by atoms with Crippen LogP contribution in [0.5, 0.6) is 5.75 Å². The van der Waals surface area contributed by atoms with Crippen molar-refractivity contribution in [1.82, 2.24) is 4.90 Å². The van der Waals surface area contributed by atoms with Crippen LogP contribution in [0.1, 0.15) is 24.5 Å². The summed E-state index contributed by atoms with van der Waals surface area (Å²) in [6.07, 6.45) is 0.574. The van der Waals surface area contributed by atoms with Gasteiger partial charge in [-0.1, -0.05) is 55.0 Å². The van der Waals surface area contributed by atoms with Crippen LogP contribution in [0, 0.1) is 6.92 Å². The highest BCUT2D eigenvalue weighted by Gasteiger charge is 2.12. The molecule has 0 unspecified atom stereocenters. The maximum atomic E-state index is 10.3. The molecule has 2 aromatic rings. The van der Waals surface area contributed by atoms with E-state index in [4.69, 9.17) is 4.74 Å². The minimum absolute atomic E-state index is 0.318. The van der Waals surface area contributed by atoms with Crippen LogP contribution in [0.25, 0.3) is 0 Å². The molecule has 124 valence electrons. The molecule has 0 aliphatic carbocycles. The molecule has 0 aromatic heterocycles. The summed E-state index contributed by atoms with van der Waals surface area (Å²) in [5, 5.41) is 10.3. The standard InChI is InChI=1S/C20H27NO2/c1-3-12-21(14-18-9-7-8-17(2)13-18)15-19(22)16-23-20-10-5-4-6-11-20/h4-11,13,19,22H,3,12,14-16H2,1-2H3/t19-/m0/s1. The van der Waals surface area contributed by atoms with E-state index >= 15 is 0 Å². The Hall–Kier alpha value is -1.84. The first kappa shape index (κ1) is 17.5. The van der Waals surface area contributed by atoms with E-state index in [1.165, 1.54) is 11.1 Å². The Labute approximate surface area is 139 Å². The Kier molecular flexibility index (Phi) is 7.11. The molecule has 0 saturated heterocycles. The van der Waals surface area contributed by atoms with Crippen molar-refractivity contribution in [2.24, 2.45) is 0 Å². The molecule has 0 fully saturated rings. The maximum Gasteiger partial charge on any atom is 0.119 e. The monoisotopic (exact) mass is 313 g/mol. The number of hydrogen-bond acceptors (Lipinski definition) is 3. The lowest BCUT2D eigenvalue weighted by molar-refractivity contribution is 0.0656. The number of ether oxygens (including phenoxy) is 1. The van der Waals surface area contributed by atoms with Crippen LogP contribution in [0.2, 0.25) is 0 Å². The Bertz CT molecular complexity index is 571. The summed E-state index contributed by atoms with van der Waals surface area (Å²) in [6.45, 7) is 7.03. The number of benzene rings is 2. The average molecular weight is 313 g/mol. The van der Waals surface area contributed by atoms with Gasteiger partial charge in [0.1, 0.15) is 18.5 Å². The van der Waals surface area contributed by atoms with Gasteiger partial charge in [0.05, 0.1) is 0 Å². The number of aliphatic hydroxyl groups is 1. The second-order valence-electron chi connectivity index (χ2n) is 6.00. The van der Waals surface area contributed by atoms with Crippen LogP contribution < -0.4 is 4.74 Å². The van der Waals surface area contributed by atoms with Crippen molar-refractivity contribution in [3.63, 3.8) is 0 Å². The van der Waals surface area contributed by atoms with E-state index in [1.807, 2.05) is 30.3 Å². The van der Waals surface area contributed by atoms with E-state index in [1.54, 1.807) is 0 Å². The van der Waals surface area contributed by atoms with Crippen molar-refractivity contribution >= 4 is 0 Å². The van der Waals surface area contributed by atoms with Gasteiger partial charge in [-0.15, -0.1) is 0 Å². The zero-order chi connectivity index (χ0) is 16.5. The van der Waals surface area contributed by atoms with Gasteiger partial charge < -0.3 is 9.84 Å². The smallest absolute Gasteiger partial charge is 0.119 e. The summed E-state index contributed by atoms with van der Waals surface area (Å²) in [6, 6.07) is 18.2. The summed E-state index contributed by atoms with van der Waals surface area (Å²) >= 11 is 0. The lowest BCUT2D eigenvalue weighted by Gasteiger charge is -2.25. The Balaban J connectivity index is 1.85. The third kappa shape index (κ3) is 6.43. The number of hydrogen-bond donors (Lipinski definition) is 1. The molecule has 1 atom stereocenters.